The number of halogens is 2. The van der Waals surface area contributed by atoms with Crippen LogP contribution in [0.4, 0.5) is 4.39 Å². The van der Waals surface area contributed by atoms with E-state index in [1.807, 2.05) is 6.92 Å². The van der Waals surface area contributed by atoms with Crippen LogP contribution in [0.3, 0.4) is 0 Å². The Hall–Kier alpha value is -0.600. The summed E-state index contributed by atoms with van der Waals surface area (Å²) in [6.07, 6.45) is 2.18. The van der Waals surface area contributed by atoms with Crippen LogP contribution in [0.15, 0.2) is 18.2 Å². The third-order valence-electron chi connectivity index (χ3n) is 3.45. The summed E-state index contributed by atoms with van der Waals surface area (Å²) in [7, 11) is 0. The number of rotatable bonds is 4. The molecule has 2 rings (SSSR count). The molecule has 3 heteroatoms. The van der Waals surface area contributed by atoms with Gasteiger partial charge in [0.25, 0.3) is 0 Å². The Labute approximate surface area is 100 Å². The van der Waals surface area contributed by atoms with Crippen molar-refractivity contribution < 1.29 is 9.50 Å². The fourth-order valence-corrected chi connectivity index (χ4v) is 2.30. The van der Waals surface area contributed by atoms with Crippen molar-refractivity contribution in [3.63, 3.8) is 0 Å². The van der Waals surface area contributed by atoms with Gasteiger partial charge in [-0.15, -0.1) is 0 Å². The molecule has 1 aromatic rings. The van der Waals surface area contributed by atoms with Gasteiger partial charge in [-0.3, -0.25) is 0 Å². The highest BCUT2D eigenvalue weighted by Crippen LogP contribution is 2.39. The predicted octanol–water partition coefficient (Wildman–Crippen LogP) is 3.43. The Kier molecular flexibility index (Phi) is 3.50. The molecule has 0 amide bonds. The molecule has 0 saturated heterocycles. The van der Waals surface area contributed by atoms with Crippen LogP contribution in [-0.4, -0.2) is 11.2 Å². The summed E-state index contributed by atoms with van der Waals surface area (Å²) in [6, 6.07) is 4.63. The van der Waals surface area contributed by atoms with Crippen molar-refractivity contribution in [3.8, 4) is 0 Å². The van der Waals surface area contributed by atoms with Crippen LogP contribution in [0.2, 0.25) is 5.02 Å². The summed E-state index contributed by atoms with van der Waals surface area (Å²) in [5, 5.41) is 10.4. The van der Waals surface area contributed by atoms with Gasteiger partial charge in [0.1, 0.15) is 5.82 Å². The number of aliphatic hydroxyl groups is 1. The van der Waals surface area contributed by atoms with Gasteiger partial charge < -0.3 is 5.11 Å². The van der Waals surface area contributed by atoms with Crippen LogP contribution in [0.5, 0.6) is 0 Å². The fraction of sp³-hybridized carbons (Fsp3) is 0.538. The molecular weight excluding hydrogens is 227 g/mol. The lowest BCUT2D eigenvalue weighted by atomic mass is 9.93. The molecule has 0 heterocycles. The summed E-state index contributed by atoms with van der Waals surface area (Å²) >= 11 is 5.92. The summed E-state index contributed by atoms with van der Waals surface area (Å²) in [4.78, 5) is 0. The molecule has 1 nitrogen and oxygen atoms in total. The van der Waals surface area contributed by atoms with Gasteiger partial charge in [0.2, 0.25) is 0 Å². The molecule has 1 aliphatic carbocycles. The number of benzene rings is 1. The molecule has 2 unspecified atom stereocenters. The summed E-state index contributed by atoms with van der Waals surface area (Å²) in [6.45, 7) is 2.02. The first-order chi connectivity index (χ1) is 7.59. The third-order valence-corrected chi connectivity index (χ3v) is 3.80. The highest BCUT2D eigenvalue weighted by Gasteiger charge is 2.32. The van der Waals surface area contributed by atoms with E-state index in [2.05, 4.69) is 0 Å². The molecule has 1 N–H and O–H groups in total. The first-order valence-electron chi connectivity index (χ1n) is 5.70. The smallest absolute Gasteiger partial charge is 0.127 e. The minimum Gasteiger partial charge on any atom is -0.392 e. The van der Waals surface area contributed by atoms with E-state index >= 15 is 0 Å². The lowest BCUT2D eigenvalue weighted by Gasteiger charge is -2.19. The van der Waals surface area contributed by atoms with Crippen LogP contribution in [0.25, 0.3) is 0 Å². The van der Waals surface area contributed by atoms with E-state index in [-0.39, 0.29) is 11.7 Å². The van der Waals surface area contributed by atoms with Crippen LogP contribution in [0, 0.1) is 17.7 Å². The first-order valence-corrected chi connectivity index (χ1v) is 6.08. The van der Waals surface area contributed by atoms with Crippen LogP contribution >= 0.6 is 11.6 Å². The maximum Gasteiger partial charge on any atom is 0.127 e. The highest BCUT2D eigenvalue weighted by atomic mass is 35.5. The molecule has 1 aliphatic rings. The molecule has 0 aliphatic heterocycles. The number of aliphatic hydroxyl groups excluding tert-OH is 1. The average molecular weight is 243 g/mol. The van der Waals surface area contributed by atoms with E-state index in [0.29, 0.717) is 22.9 Å². The van der Waals surface area contributed by atoms with E-state index in [4.69, 9.17) is 11.6 Å². The number of hydrogen-bond acceptors (Lipinski definition) is 1. The molecular formula is C13H16ClFO. The average Bonchev–Trinajstić information content (AvgIpc) is 3.06. The van der Waals surface area contributed by atoms with E-state index in [1.165, 1.54) is 18.9 Å². The summed E-state index contributed by atoms with van der Waals surface area (Å²) in [5.74, 6) is 0.519. The molecule has 0 bridgehead atoms. The minimum absolute atomic E-state index is 0.232. The molecule has 1 fully saturated rings. The number of hydrogen-bond donors (Lipinski definition) is 1. The standard InChI is InChI=1S/C13H16ClFO/c1-8(9-5-6-9)13(16)7-10-11(14)3-2-4-12(10)15/h2-4,8-9,13,16H,5-7H2,1H3. The Morgan fingerprint density at radius 1 is 1.50 bits per heavy atom. The molecule has 2 atom stereocenters. The van der Waals surface area contributed by atoms with Crippen molar-refractivity contribution in [1.82, 2.24) is 0 Å². The third kappa shape index (κ3) is 2.55. The summed E-state index contributed by atoms with van der Waals surface area (Å²) < 4.78 is 13.5. The fourth-order valence-electron chi connectivity index (χ4n) is 2.06. The van der Waals surface area contributed by atoms with Gasteiger partial charge in [-0.25, -0.2) is 4.39 Å². The van der Waals surface area contributed by atoms with Crippen LogP contribution in [-0.2, 0) is 6.42 Å². The van der Waals surface area contributed by atoms with E-state index < -0.39 is 6.10 Å². The van der Waals surface area contributed by atoms with Crippen molar-refractivity contribution in [2.45, 2.75) is 32.3 Å². The van der Waals surface area contributed by atoms with Gasteiger partial charge >= 0.3 is 0 Å². The molecule has 88 valence electrons. The second kappa shape index (κ2) is 4.72. The second-order valence-electron chi connectivity index (χ2n) is 4.67. The van der Waals surface area contributed by atoms with Crippen molar-refractivity contribution in [3.05, 3.63) is 34.6 Å². The Balaban J connectivity index is 2.07. The minimum atomic E-state index is -0.498. The molecule has 1 aromatic carbocycles. The van der Waals surface area contributed by atoms with Crippen molar-refractivity contribution in [2.75, 3.05) is 0 Å². The van der Waals surface area contributed by atoms with Crippen LogP contribution < -0.4 is 0 Å². The normalized spacial score (nSPS) is 19.5. The predicted molar refractivity (Wildman–Crippen MR) is 63.0 cm³/mol. The van der Waals surface area contributed by atoms with Gasteiger partial charge in [0.15, 0.2) is 0 Å². The monoisotopic (exact) mass is 242 g/mol. The van der Waals surface area contributed by atoms with Gasteiger partial charge in [-0.05, 0) is 36.8 Å². The SMILES string of the molecule is CC(C(O)Cc1c(F)cccc1Cl)C1CC1. The van der Waals surface area contributed by atoms with E-state index in [9.17, 15) is 9.50 Å². The molecule has 16 heavy (non-hydrogen) atoms. The van der Waals surface area contributed by atoms with Gasteiger partial charge in [-0.2, -0.15) is 0 Å². The Morgan fingerprint density at radius 2 is 2.19 bits per heavy atom. The van der Waals surface area contributed by atoms with Crippen molar-refractivity contribution in [2.24, 2.45) is 11.8 Å². The lowest BCUT2D eigenvalue weighted by Crippen LogP contribution is -2.22. The van der Waals surface area contributed by atoms with E-state index in [0.717, 1.165) is 0 Å². The quantitative estimate of drug-likeness (QED) is 0.858. The first kappa shape index (κ1) is 11.9. The Morgan fingerprint density at radius 3 is 2.75 bits per heavy atom. The molecule has 0 spiro atoms. The zero-order valence-corrected chi connectivity index (χ0v) is 10.0. The summed E-state index contributed by atoms with van der Waals surface area (Å²) in [5.41, 5.74) is 0.434. The van der Waals surface area contributed by atoms with Crippen molar-refractivity contribution in [1.29, 1.82) is 0 Å². The van der Waals surface area contributed by atoms with Crippen LogP contribution in [0.1, 0.15) is 25.3 Å². The van der Waals surface area contributed by atoms with Gasteiger partial charge in [-0.1, -0.05) is 24.6 Å². The molecule has 0 radical (unpaired) electrons. The highest BCUT2D eigenvalue weighted by molar-refractivity contribution is 6.31. The molecule has 1 saturated carbocycles. The molecule has 0 aromatic heterocycles. The zero-order valence-electron chi connectivity index (χ0n) is 9.29. The maximum atomic E-state index is 13.5. The largest absolute Gasteiger partial charge is 0.392 e. The Bertz CT molecular complexity index is 356. The van der Waals surface area contributed by atoms with Gasteiger partial charge in [0, 0.05) is 17.0 Å². The maximum absolute atomic E-state index is 13.5. The lowest BCUT2D eigenvalue weighted by molar-refractivity contribution is 0.104. The second-order valence-corrected chi connectivity index (χ2v) is 5.08. The van der Waals surface area contributed by atoms with E-state index in [1.54, 1.807) is 12.1 Å². The zero-order chi connectivity index (χ0) is 11.7. The van der Waals surface area contributed by atoms with Crippen molar-refractivity contribution >= 4 is 11.6 Å². The van der Waals surface area contributed by atoms with Gasteiger partial charge in [0.05, 0.1) is 6.10 Å². The topological polar surface area (TPSA) is 20.2 Å².